The Morgan fingerprint density at radius 2 is 1.81 bits per heavy atom. The molecular weight excluding hydrogens is 204 g/mol. The molecule has 3 heteroatoms. The lowest BCUT2D eigenvalue weighted by Crippen LogP contribution is -2.23. The number of fused-ring (bicyclic) bond motifs is 5. The fourth-order valence-corrected chi connectivity index (χ4v) is 4.43. The molecule has 16 heavy (non-hydrogen) atoms. The Morgan fingerprint density at radius 1 is 1.19 bits per heavy atom. The van der Waals surface area contributed by atoms with Crippen LogP contribution in [0.15, 0.2) is 0 Å². The molecule has 3 fully saturated rings. The third-order valence-corrected chi connectivity index (χ3v) is 4.81. The Bertz CT molecular complexity index is 258. The number of hydrogen-bond donors (Lipinski definition) is 2. The van der Waals surface area contributed by atoms with Crippen molar-refractivity contribution >= 4 is 5.97 Å². The van der Waals surface area contributed by atoms with Crippen LogP contribution in [0.4, 0.5) is 0 Å². The van der Waals surface area contributed by atoms with Gasteiger partial charge in [0.25, 0.3) is 5.97 Å². The molecule has 3 saturated carbocycles. The second-order valence-electron chi connectivity index (χ2n) is 5.61. The Balaban J connectivity index is 0.000000212. The number of rotatable bonds is 1. The smallest absolute Gasteiger partial charge is 0.300 e. The van der Waals surface area contributed by atoms with Crippen molar-refractivity contribution in [1.29, 1.82) is 0 Å². The van der Waals surface area contributed by atoms with Crippen molar-refractivity contribution in [3.05, 3.63) is 0 Å². The first-order valence-corrected chi connectivity index (χ1v) is 6.44. The molecule has 3 nitrogen and oxygen atoms in total. The zero-order chi connectivity index (χ0) is 11.7. The van der Waals surface area contributed by atoms with Gasteiger partial charge in [-0.2, -0.15) is 0 Å². The highest BCUT2D eigenvalue weighted by Gasteiger charge is 2.52. The van der Waals surface area contributed by atoms with Gasteiger partial charge in [-0.05, 0) is 61.7 Å². The molecule has 0 saturated heterocycles. The maximum Gasteiger partial charge on any atom is 0.300 e. The summed E-state index contributed by atoms with van der Waals surface area (Å²) in [6.07, 6.45) is 7.23. The topological polar surface area (TPSA) is 57.5 Å². The van der Waals surface area contributed by atoms with E-state index in [-0.39, 0.29) is 0 Å². The van der Waals surface area contributed by atoms with Crippen molar-refractivity contribution in [3.63, 3.8) is 0 Å². The van der Waals surface area contributed by atoms with Crippen molar-refractivity contribution in [3.8, 4) is 0 Å². The summed E-state index contributed by atoms with van der Waals surface area (Å²) in [6.45, 7) is 1.55. The first-order chi connectivity index (χ1) is 7.63. The minimum Gasteiger partial charge on any atom is -0.481 e. The summed E-state index contributed by atoms with van der Waals surface area (Å²) < 4.78 is 0. The summed E-state index contributed by atoms with van der Waals surface area (Å²) in [4.78, 5) is 9.00. The summed E-state index contributed by atoms with van der Waals surface area (Å²) in [6, 6.07) is 0. The van der Waals surface area contributed by atoms with E-state index in [4.69, 9.17) is 9.90 Å². The third kappa shape index (κ3) is 2.10. The van der Waals surface area contributed by atoms with Crippen molar-refractivity contribution in [2.45, 2.75) is 39.0 Å². The average Bonchev–Trinajstić information content (AvgIpc) is 2.89. The summed E-state index contributed by atoms with van der Waals surface area (Å²) in [5, 5.41) is 16.7. The minimum absolute atomic E-state index is 0.463. The molecule has 0 spiro atoms. The normalized spacial score (nSPS) is 43.8. The van der Waals surface area contributed by atoms with Crippen LogP contribution in [0.3, 0.4) is 0 Å². The van der Waals surface area contributed by atoms with Gasteiger partial charge in [-0.25, -0.2) is 0 Å². The molecule has 0 aromatic carbocycles. The Morgan fingerprint density at radius 3 is 2.44 bits per heavy atom. The number of aliphatic hydroxyl groups is 1. The van der Waals surface area contributed by atoms with Gasteiger partial charge in [0.2, 0.25) is 0 Å². The first kappa shape index (κ1) is 11.9. The largest absolute Gasteiger partial charge is 0.481 e. The SMILES string of the molecule is CC(=O)O.OCC1CCC2C3CCC(C3)C12. The molecule has 3 aliphatic rings. The van der Waals surface area contributed by atoms with Gasteiger partial charge in [-0.1, -0.05) is 0 Å². The molecule has 0 aromatic heterocycles. The van der Waals surface area contributed by atoms with Gasteiger partial charge in [0, 0.05) is 13.5 Å². The Hall–Kier alpha value is -0.570. The maximum absolute atomic E-state index is 9.24. The Labute approximate surface area is 96.9 Å². The van der Waals surface area contributed by atoms with E-state index in [1.54, 1.807) is 0 Å². The monoisotopic (exact) mass is 226 g/mol. The van der Waals surface area contributed by atoms with E-state index in [2.05, 4.69) is 0 Å². The molecule has 5 atom stereocenters. The van der Waals surface area contributed by atoms with Crippen molar-refractivity contribution < 1.29 is 15.0 Å². The van der Waals surface area contributed by atoms with Gasteiger partial charge in [0.05, 0.1) is 0 Å². The van der Waals surface area contributed by atoms with Crippen LogP contribution in [0.5, 0.6) is 0 Å². The van der Waals surface area contributed by atoms with Crippen LogP contribution in [0.1, 0.15) is 39.0 Å². The molecule has 0 heterocycles. The second kappa shape index (κ2) is 4.74. The third-order valence-electron chi connectivity index (χ3n) is 4.81. The highest BCUT2D eigenvalue weighted by Crippen LogP contribution is 2.60. The molecule has 2 bridgehead atoms. The lowest BCUT2D eigenvalue weighted by atomic mass is 9.78. The lowest BCUT2D eigenvalue weighted by Gasteiger charge is -2.27. The number of carbonyl (C=O) groups is 1. The highest BCUT2D eigenvalue weighted by atomic mass is 16.4. The average molecular weight is 226 g/mol. The van der Waals surface area contributed by atoms with Gasteiger partial charge < -0.3 is 10.2 Å². The van der Waals surface area contributed by atoms with Crippen LogP contribution in [-0.4, -0.2) is 22.8 Å². The van der Waals surface area contributed by atoms with E-state index in [9.17, 15) is 5.11 Å². The maximum atomic E-state index is 9.24. The highest BCUT2D eigenvalue weighted by molar-refractivity contribution is 5.62. The quantitative estimate of drug-likeness (QED) is 0.720. The summed E-state index contributed by atoms with van der Waals surface area (Å²) in [7, 11) is 0. The van der Waals surface area contributed by atoms with Gasteiger partial charge >= 0.3 is 0 Å². The molecule has 2 N–H and O–H groups in total. The molecule has 0 amide bonds. The van der Waals surface area contributed by atoms with Crippen LogP contribution < -0.4 is 0 Å². The first-order valence-electron chi connectivity index (χ1n) is 6.44. The van der Waals surface area contributed by atoms with E-state index >= 15 is 0 Å². The Kier molecular flexibility index (Phi) is 3.53. The zero-order valence-corrected chi connectivity index (χ0v) is 9.93. The van der Waals surface area contributed by atoms with Crippen LogP contribution >= 0.6 is 0 Å². The molecule has 0 radical (unpaired) electrons. The molecule has 3 rings (SSSR count). The number of carboxylic acid groups (broad SMARTS) is 1. The van der Waals surface area contributed by atoms with Crippen LogP contribution in [0.25, 0.3) is 0 Å². The predicted octanol–water partition coefficient (Wildman–Crippen LogP) is 2.14. The minimum atomic E-state index is -0.833. The standard InChI is InChI=1S/C11H18O.C2H4O2/c12-6-9-3-4-10-7-1-2-8(5-7)11(9)10;1-2(3)4/h7-12H,1-6H2;1H3,(H,3,4). The molecule has 92 valence electrons. The molecule has 5 unspecified atom stereocenters. The van der Waals surface area contributed by atoms with E-state index < -0.39 is 5.97 Å². The zero-order valence-electron chi connectivity index (χ0n) is 9.93. The summed E-state index contributed by atoms with van der Waals surface area (Å²) in [5.41, 5.74) is 0. The van der Waals surface area contributed by atoms with Crippen LogP contribution in [-0.2, 0) is 4.79 Å². The molecular formula is C13H22O3. The van der Waals surface area contributed by atoms with E-state index in [0.717, 1.165) is 30.6 Å². The predicted molar refractivity (Wildman–Crippen MR) is 60.9 cm³/mol. The second-order valence-corrected chi connectivity index (χ2v) is 5.61. The van der Waals surface area contributed by atoms with Crippen LogP contribution in [0, 0.1) is 29.6 Å². The number of hydrogen-bond acceptors (Lipinski definition) is 2. The molecule has 0 aromatic rings. The van der Waals surface area contributed by atoms with Gasteiger partial charge in [-0.3, -0.25) is 4.79 Å². The number of aliphatic hydroxyl groups excluding tert-OH is 1. The van der Waals surface area contributed by atoms with Crippen molar-refractivity contribution in [2.24, 2.45) is 29.6 Å². The van der Waals surface area contributed by atoms with Gasteiger partial charge in [-0.15, -0.1) is 0 Å². The van der Waals surface area contributed by atoms with E-state index in [1.165, 1.54) is 32.1 Å². The molecule has 3 aliphatic carbocycles. The van der Waals surface area contributed by atoms with Gasteiger partial charge in [0.1, 0.15) is 0 Å². The summed E-state index contributed by atoms with van der Waals surface area (Å²) in [5.74, 6) is 3.90. The fourth-order valence-electron chi connectivity index (χ4n) is 4.43. The van der Waals surface area contributed by atoms with E-state index in [0.29, 0.717) is 12.5 Å². The number of carboxylic acids is 1. The summed E-state index contributed by atoms with van der Waals surface area (Å²) >= 11 is 0. The fraction of sp³-hybridized carbons (Fsp3) is 0.923. The van der Waals surface area contributed by atoms with Crippen molar-refractivity contribution in [2.75, 3.05) is 6.61 Å². The van der Waals surface area contributed by atoms with Gasteiger partial charge in [0.15, 0.2) is 0 Å². The molecule has 0 aliphatic heterocycles. The van der Waals surface area contributed by atoms with E-state index in [1.807, 2.05) is 0 Å². The van der Waals surface area contributed by atoms with Crippen molar-refractivity contribution in [1.82, 2.24) is 0 Å². The number of aliphatic carboxylic acids is 1. The lowest BCUT2D eigenvalue weighted by molar-refractivity contribution is -0.134. The van der Waals surface area contributed by atoms with Crippen LogP contribution in [0.2, 0.25) is 0 Å².